The molecule has 0 saturated carbocycles. The van der Waals surface area contributed by atoms with Gasteiger partial charge < -0.3 is 9.32 Å². The van der Waals surface area contributed by atoms with Gasteiger partial charge in [-0.1, -0.05) is 40.2 Å². The van der Waals surface area contributed by atoms with E-state index in [0.717, 1.165) is 9.86 Å². The van der Waals surface area contributed by atoms with Crippen LogP contribution in [-0.2, 0) is 0 Å². The van der Waals surface area contributed by atoms with E-state index < -0.39 is 5.63 Å². The highest BCUT2D eigenvalue weighted by Crippen LogP contribution is 2.30. The second kappa shape index (κ2) is 9.24. The van der Waals surface area contributed by atoms with Crippen LogP contribution in [0.25, 0.3) is 21.7 Å². The number of hydrogen-bond donors (Lipinski definition) is 0. The monoisotopic (exact) mass is 559 g/mol. The van der Waals surface area contributed by atoms with Gasteiger partial charge in [0, 0.05) is 65.6 Å². The maximum Gasteiger partial charge on any atom is 0.349 e. The van der Waals surface area contributed by atoms with Crippen molar-refractivity contribution < 1.29 is 18.8 Å². The zero-order valence-corrected chi connectivity index (χ0v) is 21.4. The topological polar surface area (TPSA) is 91.1 Å². The van der Waals surface area contributed by atoms with Crippen molar-refractivity contribution in [1.29, 1.82) is 0 Å². The molecule has 37 heavy (non-hydrogen) atoms. The smallest absolute Gasteiger partial charge is 0.349 e. The Kier molecular flexibility index (Phi) is 5.89. The normalized spacial score (nSPS) is 16.1. The zero-order valence-electron chi connectivity index (χ0n) is 19.8. The highest BCUT2D eigenvalue weighted by molar-refractivity contribution is 9.10. The first-order valence-corrected chi connectivity index (χ1v) is 12.8. The quantitative estimate of drug-likeness (QED) is 0.279. The number of hydrogen-bond acceptors (Lipinski definition) is 6. The molecule has 3 amide bonds. The Bertz CT molecular complexity index is 1600. The molecule has 1 fully saturated rings. The van der Waals surface area contributed by atoms with Crippen molar-refractivity contribution in [1.82, 2.24) is 14.7 Å². The highest BCUT2D eigenvalue weighted by atomic mass is 79.9. The van der Waals surface area contributed by atoms with Gasteiger partial charge in [0.2, 0.25) is 0 Å². The number of halogens is 1. The predicted octanol–water partition coefficient (Wildman–Crippen LogP) is 3.76. The molecule has 4 aromatic rings. The summed E-state index contributed by atoms with van der Waals surface area (Å²) in [7, 11) is 0. The number of carbonyl (C=O) groups excluding carboxylic acids is 3. The summed E-state index contributed by atoms with van der Waals surface area (Å²) in [5.41, 5.74) is 0.875. The molecule has 0 unspecified atom stereocenters. The molecule has 0 radical (unpaired) electrons. The highest BCUT2D eigenvalue weighted by Gasteiger charge is 2.33. The summed E-state index contributed by atoms with van der Waals surface area (Å²) in [6, 6.07) is 17.8. The lowest BCUT2D eigenvalue weighted by Gasteiger charge is -2.36. The summed E-state index contributed by atoms with van der Waals surface area (Å²) >= 11 is 3.40. The van der Waals surface area contributed by atoms with E-state index in [2.05, 4.69) is 20.8 Å². The second-order valence-corrected chi connectivity index (χ2v) is 10.2. The molecule has 1 aromatic heterocycles. The standard InChI is InChI=1S/C28H22BrN3O5/c29-19-7-8-23-18(15-19)16-22(28(36)37-23)25(33)31-12-9-30(10-13-31)11-14-32-26(34)20-5-1-3-17-4-2-6-21(24(17)20)27(32)35/h1-8,15-16H,9-14H2. The van der Waals surface area contributed by atoms with Crippen molar-refractivity contribution in [3.05, 3.63) is 92.2 Å². The van der Waals surface area contributed by atoms with Crippen molar-refractivity contribution in [2.45, 2.75) is 0 Å². The molecule has 6 rings (SSSR count). The van der Waals surface area contributed by atoms with Crippen LogP contribution < -0.4 is 5.63 Å². The number of benzene rings is 3. The van der Waals surface area contributed by atoms with Crippen LogP contribution >= 0.6 is 15.9 Å². The van der Waals surface area contributed by atoms with Crippen LogP contribution in [-0.4, -0.2) is 71.7 Å². The van der Waals surface area contributed by atoms with Gasteiger partial charge in [-0.25, -0.2) is 4.79 Å². The van der Waals surface area contributed by atoms with Crippen LogP contribution in [0.3, 0.4) is 0 Å². The molecule has 0 spiro atoms. The van der Waals surface area contributed by atoms with Gasteiger partial charge in [-0.3, -0.25) is 24.2 Å². The molecule has 2 aliphatic rings. The SMILES string of the molecule is O=C(c1cc2cc(Br)ccc2oc1=O)N1CCN(CCN2C(=O)c3cccc4cccc(c34)C2=O)CC1. The van der Waals surface area contributed by atoms with Gasteiger partial charge in [0.1, 0.15) is 11.1 Å². The largest absolute Gasteiger partial charge is 0.422 e. The number of piperazine rings is 1. The van der Waals surface area contributed by atoms with E-state index in [9.17, 15) is 19.2 Å². The second-order valence-electron chi connectivity index (χ2n) is 9.23. The Morgan fingerprint density at radius 1 is 0.811 bits per heavy atom. The average molecular weight is 560 g/mol. The first-order chi connectivity index (χ1) is 17.9. The number of rotatable bonds is 4. The first-order valence-electron chi connectivity index (χ1n) is 12.0. The molecule has 9 heteroatoms. The van der Waals surface area contributed by atoms with Crippen molar-refractivity contribution in [3.63, 3.8) is 0 Å². The fourth-order valence-corrected chi connectivity index (χ4v) is 5.49. The number of imide groups is 1. The molecule has 8 nitrogen and oxygen atoms in total. The van der Waals surface area contributed by atoms with Crippen LogP contribution in [0.2, 0.25) is 0 Å². The average Bonchev–Trinajstić information content (AvgIpc) is 2.91. The Morgan fingerprint density at radius 3 is 2.16 bits per heavy atom. The van der Waals surface area contributed by atoms with Crippen molar-refractivity contribution in [3.8, 4) is 0 Å². The fourth-order valence-electron chi connectivity index (χ4n) is 5.11. The third kappa shape index (κ3) is 4.14. The van der Waals surface area contributed by atoms with E-state index in [4.69, 9.17) is 4.42 Å². The molecule has 186 valence electrons. The Hall–Kier alpha value is -3.82. The maximum absolute atomic E-state index is 13.1. The van der Waals surface area contributed by atoms with Crippen molar-refractivity contribution >= 4 is 55.4 Å². The number of amides is 3. The van der Waals surface area contributed by atoms with Crippen LogP contribution in [0.15, 0.2) is 74.3 Å². The summed E-state index contributed by atoms with van der Waals surface area (Å²) in [4.78, 5) is 56.9. The molecule has 3 aromatic carbocycles. The minimum absolute atomic E-state index is 0.0106. The number of fused-ring (bicyclic) bond motifs is 1. The third-order valence-corrected chi connectivity index (χ3v) is 7.57. The molecule has 3 heterocycles. The van der Waals surface area contributed by atoms with Crippen LogP contribution in [0.5, 0.6) is 0 Å². The fraction of sp³-hybridized carbons (Fsp3) is 0.214. The predicted molar refractivity (Wildman–Crippen MR) is 142 cm³/mol. The molecular weight excluding hydrogens is 538 g/mol. The maximum atomic E-state index is 13.1. The van der Waals surface area contributed by atoms with E-state index in [1.807, 2.05) is 24.3 Å². The number of nitrogens with zero attached hydrogens (tertiary/aromatic N) is 3. The van der Waals surface area contributed by atoms with E-state index in [1.165, 1.54) is 4.90 Å². The van der Waals surface area contributed by atoms with Gasteiger partial charge in [-0.2, -0.15) is 0 Å². The lowest BCUT2D eigenvalue weighted by atomic mass is 9.94. The van der Waals surface area contributed by atoms with E-state index in [1.54, 1.807) is 41.3 Å². The Morgan fingerprint density at radius 2 is 1.49 bits per heavy atom. The Labute approximate surface area is 220 Å². The summed E-state index contributed by atoms with van der Waals surface area (Å²) in [5, 5.41) is 2.27. The molecule has 0 aliphatic carbocycles. The molecule has 1 saturated heterocycles. The third-order valence-electron chi connectivity index (χ3n) is 7.08. The van der Waals surface area contributed by atoms with E-state index in [-0.39, 0.29) is 29.8 Å². The summed E-state index contributed by atoms with van der Waals surface area (Å²) in [6.45, 7) is 2.76. The number of carbonyl (C=O) groups is 3. The van der Waals surface area contributed by atoms with Crippen molar-refractivity contribution in [2.24, 2.45) is 0 Å². The lowest BCUT2D eigenvalue weighted by Crippen LogP contribution is -2.52. The molecular formula is C28H22BrN3O5. The Balaban J connectivity index is 1.11. The molecule has 0 N–H and O–H groups in total. The summed E-state index contributed by atoms with van der Waals surface area (Å²) in [6.07, 6.45) is 0. The van der Waals surface area contributed by atoms with Crippen LogP contribution in [0, 0.1) is 0 Å². The van der Waals surface area contributed by atoms with E-state index in [0.29, 0.717) is 60.2 Å². The molecule has 2 aliphatic heterocycles. The summed E-state index contributed by atoms with van der Waals surface area (Å²) < 4.78 is 6.17. The van der Waals surface area contributed by atoms with Gasteiger partial charge >= 0.3 is 5.63 Å². The van der Waals surface area contributed by atoms with Gasteiger partial charge in [-0.05, 0) is 41.8 Å². The van der Waals surface area contributed by atoms with Gasteiger partial charge in [-0.15, -0.1) is 0 Å². The van der Waals surface area contributed by atoms with Gasteiger partial charge in [0.25, 0.3) is 17.7 Å². The summed E-state index contributed by atoms with van der Waals surface area (Å²) in [5.74, 6) is -0.920. The first kappa shape index (κ1) is 23.6. The van der Waals surface area contributed by atoms with Crippen LogP contribution in [0.4, 0.5) is 0 Å². The van der Waals surface area contributed by atoms with Gasteiger partial charge in [0.15, 0.2) is 0 Å². The molecule has 0 bridgehead atoms. The zero-order chi connectivity index (χ0) is 25.7. The van der Waals surface area contributed by atoms with Crippen molar-refractivity contribution in [2.75, 3.05) is 39.3 Å². The minimum Gasteiger partial charge on any atom is -0.422 e. The van der Waals surface area contributed by atoms with E-state index >= 15 is 0 Å². The van der Waals surface area contributed by atoms with Gasteiger partial charge in [0.05, 0.1) is 0 Å². The minimum atomic E-state index is -0.653. The lowest BCUT2D eigenvalue weighted by molar-refractivity contribution is 0.0549. The van der Waals surface area contributed by atoms with Crippen LogP contribution in [0.1, 0.15) is 31.1 Å². The molecule has 0 atom stereocenters.